The predicted molar refractivity (Wildman–Crippen MR) is 108 cm³/mol. The standard InChI is InChI=1S/C14H25N3O6S3/c1-11(21-5-2-8-24)15-12(18)16(22-6-3-9-25)14(20)17(13(15)19)23-7-4-10-26/h11,24-26H,2-10H2,1H3. The molecular weight excluding hydrogens is 402 g/mol. The maximum atomic E-state index is 12.6. The Morgan fingerprint density at radius 2 is 1.19 bits per heavy atom. The van der Waals surface area contributed by atoms with Crippen LogP contribution in [0.5, 0.6) is 0 Å². The zero-order valence-electron chi connectivity index (χ0n) is 14.6. The summed E-state index contributed by atoms with van der Waals surface area (Å²) in [4.78, 5) is 48.0. The Morgan fingerprint density at radius 1 is 0.769 bits per heavy atom. The summed E-state index contributed by atoms with van der Waals surface area (Å²) >= 11 is 12.2. The third-order valence-electron chi connectivity index (χ3n) is 3.18. The molecule has 0 aliphatic carbocycles. The van der Waals surface area contributed by atoms with Crippen LogP contribution in [0.15, 0.2) is 14.4 Å². The van der Waals surface area contributed by atoms with E-state index < -0.39 is 23.3 Å². The topological polar surface area (TPSA) is 93.7 Å². The monoisotopic (exact) mass is 427 g/mol. The second-order valence-electron chi connectivity index (χ2n) is 5.17. The Balaban J connectivity index is 3.30. The molecule has 0 aliphatic heterocycles. The van der Waals surface area contributed by atoms with Crippen LogP contribution in [0.3, 0.4) is 0 Å². The number of ether oxygens (including phenoxy) is 1. The summed E-state index contributed by atoms with van der Waals surface area (Å²) in [5.41, 5.74) is -2.85. The van der Waals surface area contributed by atoms with Gasteiger partial charge in [0.25, 0.3) is 0 Å². The summed E-state index contributed by atoms with van der Waals surface area (Å²) in [6, 6.07) is 0. The van der Waals surface area contributed by atoms with Crippen LogP contribution in [0.4, 0.5) is 0 Å². The highest BCUT2D eigenvalue weighted by Gasteiger charge is 2.21. The lowest BCUT2D eigenvalue weighted by Crippen LogP contribution is -2.59. The van der Waals surface area contributed by atoms with E-state index in [1.54, 1.807) is 0 Å². The van der Waals surface area contributed by atoms with Crippen LogP contribution in [0.1, 0.15) is 32.4 Å². The van der Waals surface area contributed by atoms with E-state index in [9.17, 15) is 14.4 Å². The van der Waals surface area contributed by atoms with Crippen molar-refractivity contribution < 1.29 is 14.4 Å². The molecule has 1 rings (SSSR count). The minimum absolute atomic E-state index is 0.0857. The van der Waals surface area contributed by atoms with E-state index in [0.717, 1.165) is 4.57 Å². The molecule has 12 heteroatoms. The van der Waals surface area contributed by atoms with Gasteiger partial charge >= 0.3 is 17.1 Å². The molecule has 0 amide bonds. The first kappa shape index (κ1) is 23.1. The quantitative estimate of drug-likeness (QED) is 0.291. The van der Waals surface area contributed by atoms with Gasteiger partial charge in [-0.2, -0.15) is 37.9 Å². The van der Waals surface area contributed by atoms with Gasteiger partial charge in [-0.25, -0.2) is 19.0 Å². The number of hydrogen-bond acceptors (Lipinski definition) is 9. The Labute approximate surface area is 167 Å². The Kier molecular flexibility index (Phi) is 11.0. The first-order chi connectivity index (χ1) is 12.5. The van der Waals surface area contributed by atoms with Gasteiger partial charge in [0.05, 0.1) is 0 Å². The zero-order valence-corrected chi connectivity index (χ0v) is 17.3. The van der Waals surface area contributed by atoms with Crippen molar-refractivity contribution in [3.8, 4) is 0 Å². The number of hydrogen-bond donors (Lipinski definition) is 3. The maximum absolute atomic E-state index is 12.6. The molecule has 9 nitrogen and oxygen atoms in total. The van der Waals surface area contributed by atoms with E-state index >= 15 is 0 Å². The fourth-order valence-corrected chi connectivity index (χ4v) is 2.28. The molecule has 150 valence electrons. The van der Waals surface area contributed by atoms with Crippen LogP contribution < -0.4 is 26.7 Å². The lowest BCUT2D eigenvalue weighted by molar-refractivity contribution is -0.0197. The van der Waals surface area contributed by atoms with Crippen LogP contribution in [-0.4, -0.2) is 51.1 Å². The van der Waals surface area contributed by atoms with Crippen LogP contribution in [0.2, 0.25) is 0 Å². The molecule has 26 heavy (non-hydrogen) atoms. The maximum Gasteiger partial charge on any atom is 0.403 e. The van der Waals surface area contributed by atoms with Gasteiger partial charge in [-0.15, -0.1) is 0 Å². The van der Waals surface area contributed by atoms with Crippen molar-refractivity contribution in [3.05, 3.63) is 31.5 Å². The smallest absolute Gasteiger partial charge is 0.403 e. The molecular formula is C14H25N3O6S3. The highest BCUT2D eigenvalue weighted by molar-refractivity contribution is 7.80. The summed E-state index contributed by atoms with van der Waals surface area (Å²) in [6.45, 7) is 2.00. The van der Waals surface area contributed by atoms with Gasteiger partial charge in [-0.1, -0.05) is 9.46 Å². The largest absolute Gasteiger partial charge is 0.405 e. The van der Waals surface area contributed by atoms with Crippen molar-refractivity contribution in [1.29, 1.82) is 0 Å². The minimum atomic E-state index is -1.00. The molecule has 1 unspecified atom stereocenters. The fraction of sp³-hybridized carbons (Fsp3) is 0.786. The number of nitrogens with zero attached hydrogens (tertiary/aromatic N) is 3. The summed E-state index contributed by atoms with van der Waals surface area (Å²) in [5.74, 6) is 1.64. The molecule has 1 heterocycles. The van der Waals surface area contributed by atoms with E-state index in [1.165, 1.54) is 6.92 Å². The normalized spacial score (nSPS) is 12.2. The van der Waals surface area contributed by atoms with Gasteiger partial charge < -0.3 is 14.4 Å². The number of rotatable bonds is 13. The van der Waals surface area contributed by atoms with Gasteiger partial charge in [0.2, 0.25) is 0 Å². The Bertz CT molecular complexity index is 669. The molecule has 0 N–H and O–H groups in total. The van der Waals surface area contributed by atoms with Gasteiger partial charge in [0.15, 0.2) is 0 Å². The summed E-state index contributed by atoms with van der Waals surface area (Å²) < 4.78 is 7.27. The molecule has 1 aromatic rings. The molecule has 0 bridgehead atoms. The van der Waals surface area contributed by atoms with E-state index in [1.807, 2.05) is 0 Å². The van der Waals surface area contributed by atoms with E-state index in [4.69, 9.17) is 14.4 Å². The van der Waals surface area contributed by atoms with Crippen LogP contribution >= 0.6 is 37.9 Å². The zero-order chi connectivity index (χ0) is 19.5. The van der Waals surface area contributed by atoms with Gasteiger partial charge in [-0.3, -0.25) is 0 Å². The molecule has 0 spiro atoms. The van der Waals surface area contributed by atoms with Crippen molar-refractivity contribution in [3.63, 3.8) is 0 Å². The lowest BCUT2D eigenvalue weighted by atomic mass is 10.5. The highest BCUT2D eigenvalue weighted by atomic mass is 32.1. The molecule has 1 atom stereocenters. The summed E-state index contributed by atoms with van der Waals surface area (Å²) in [7, 11) is 0. The first-order valence-electron chi connectivity index (χ1n) is 8.21. The number of thiol groups is 3. The Morgan fingerprint density at radius 3 is 1.62 bits per heavy atom. The lowest BCUT2D eigenvalue weighted by Gasteiger charge is -2.18. The molecule has 0 saturated heterocycles. The molecule has 0 aliphatic rings. The molecule has 0 fully saturated rings. The highest BCUT2D eigenvalue weighted by Crippen LogP contribution is 2.01. The van der Waals surface area contributed by atoms with E-state index in [0.29, 0.717) is 52.6 Å². The van der Waals surface area contributed by atoms with E-state index in [-0.39, 0.29) is 13.2 Å². The van der Waals surface area contributed by atoms with Crippen LogP contribution in [0.25, 0.3) is 0 Å². The average molecular weight is 428 g/mol. The van der Waals surface area contributed by atoms with Crippen molar-refractivity contribution in [2.45, 2.75) is 32.4 Å². The SMILES string of the molecule is CC(OCCCS)n1c(=O)n(OCCCS)c(=O)n(OCCCS)c1=O. The van der Waals surface area contributed by atoms with Crippen molar-refractivity contribution in [2.24, 2.45) is 0 Å². The third kappa shape index (κ3) is 6.32. The molecule has 0 saturated carbocycles. The third-order valence-corrected chi connectivity index (χ3v) is 4.13. The summed E-state index contributed by atoms with van der Waals surface area (Å²) in [5, 5.41) is 0. The second kappa shape index (κ2) is 12.4. The molecule has 1 aromatic heterocycles. The first-order valence-corrected chi connectivity index (χ1v) is 10.1. The van der Waals surface area contributed by atoms with Crippen LogP contribution in [0, 0.1) is 0 Å². The fourth-order valence-electron chi connectivity index (χ4n) is 1.89. The van der Waals surface area contributed by atoms with Gasteiger partial charge in [0.1, 0.15) is 19.4 Å². The Hall–Kier alpha value is -0.980. The van der Waals surface area contributed by atoms with Crippen LogP contribution in [-0.2, 0) is 4.74 Å². The van der Waals surface area contributed by atoms with Gasteiger partial charge in [0, 0.05) is 6.61 Å². The summed E-state index contributed by atoms with van der Waals surface area (Å²) in [6.07, 6.45) is 0.771. The van der Waals surface area contributed by atoms with Crippen molar-refractivity contribution in [1.82, 2.24) is 14.0 Å². The van der Waals surface area contributed by atoms with E-state index in [2.05, 4.69) is 37.9 Å². The van der Waals surface area contributed by atoms with Gasteiger partial charge in [-0.05, 0) is 43.4 Å². The molecule has 0 aromatic carbocycles. The minimum Gasteiger partial charge on any atom is -0.405 e. The van der Waals surface area contributed by atoms with Crippen molar-refractivity contribution >= 4 is 37.9 Å². The predicted octanol–water partition coefficient (Wildman–Crippen LogP) is -0.476. The second-order valence-corrected chi connectivity index (χ2v) is 6.52. The van der Waals surface area contributed by atoms with Crippen molar-refractivity contribution in [2.75, 3.05) is 37.1 Å². The molecule has 0 radical (unpaired) electrons. The average Bonchev–Trinajstić information content (AvgIpc) is 2.61. The number of aromatic nitrogens is 3.